The van der Waals surface area contributed by atoms with E-state index >= 15 is 0 Å². The molecule has 0 aliphatic rings. The summed E-state index contributed by atoms with van der Waals surface area (Å²) in [4.78, 5) is 19.4. The quantitative estimate of drug-likeness (QED) is 0.898. The molecule has 0 spiro atoms. The summed E-state index contributed by atoms with van der Waals surface area (Å²) in [5, 5.41) is 8.87. The van der Waals surface area contributed by atoms with Crippen LogP contribution in [0.25, 0.3) is 11.3 Å². The minimum Gasteiger partial charge on any atom is -0.478 e. The topological polar surface area (TPSA) is 63.1 Å². The molecule has 2 rings (SSSR count). The number of hydrogen-bond donors (Lipinski definition) is 1. The summed E-state index contributed by atoms with van der Waals surface area (Å²) < 4.78 is 0. The van der Waals surface area contributed by atoms with Crippen molar-refractivity contribution in [3.8, 4) is 11.3 Å². The third kappa shape index (κ3) is 2.37. The maximum atomic E-state index is 10.8. The summed E-state index contributed by atoms with van der Waals surface area (Å²) in [7, 11) is 0. The van der Waals surface area contributed by atoms with E-state index in [4.69, 9.17) is 5.11 Å². The smallest absolute Gasteiger partial charge is 0.335 e. The fourth-order valence-corrected chi connectivity index (χ4v) is 1.77. The average molecular weight is 242 g/mol. The van der Waals surface area contributed by atoms with Gasteiger partial charge in [0.05, 0.1) is 11.3 Å². The van der Waals surface area contributed by atoms with Gasteiger partial charge in [-0.25, -0.2) is 14.8 Å². The molecule has 4 heteroatoms. The molecular weight excluding hydrogens is 228 g/mol. The number of rotatable bonds is 3. The predicted octanol–water partition coefficient (Wildman–Crippen LogP) is 2.71. The first-order valence-corrected chi connectivity index (χ1v) is 5.78. The second-order valence-corrected chi connectivity index (χ2v) is 4.03. The van der Waals surface area contributed by atoms with Gasteiger partial charge in [0, 0.05) is 11.8 Å². The Labute approximate surface area is 105 Å². The Bertz CT molecular complexity index is 577. The van der Waals surface area contributed by atoms with Gasteiger partial charge in [0.15, 0.2) is 0 Å². The Morgan fingerprint density at radius 2 is 1.94 bits per heavy atom. The van der Waals surface area contributed by atoms with Gasteiger partial charge in [-0.2, -0.15) is 0 Å². The van der Waals surface area contributed by atoms with E-state index in [-0.39, 0.29) is 5.56 Å². The molecule has 2 aromatic rings. The highest BCUT2D eigenvalue weighted by Gasteiger charge is 2.08. The van der Waals surface area contributed by atoms with Crippen LogP contribution in [-0.2, 0) is 6.42 Å². The molecule has 0 bridgehead atoms. The summed E-state index contributed by atoms with van der Waals surface area (Å²) in [6, 6.07) is 6.75. The minimum atomic E-state index is -0.920. The highest BCUT2D eigenvalue weighted by atomic mass is 16.4. The van der Waals surface area contributed by atoms with Crippen LogP contribution >= 0.6 is 0 Å². The standard InChI is InChI=1S/C14H14N2O2/c1-3-10-8-15-9(2)16-13(10)11-4-6-12(7-5-11)14(17)18/h4-8H,3H2,1-2H3,(H,17,18). The van der Waals surface area contributed by atoms with E-state index in [0.717, 1.165) is 23.2 Å². The molecule has 0 amide bonds. The molecule has 1 N–H and O–H groups in total. The monoisotopic (exact) mass is 242 g/mol. The highest BCUT2D eigenvalue weighted by Crippen LogP contribution is 2.22. The van der Waals surface area contributed by atoms with Crippen LogP contribution in [0.1, 0.15) is 28.7 Å². The van der Waals surface area contributed by atoms with Crippen molar-refractivity contribution in [1.29, 1.82) is 0 Å². The third-order valence-corrected chi connectivity index (χ3v) is 2.77. The number of hydrogen-bond acceptors (Lipinski definition) is 3. The molecule has 4 nitrogen and oxygen atoms in total. The number of benzene rings is 1. The molecule has 0 unspecified atom stereocenters. The van der Waals surface area contributed by atoms with Crippen molar-refractivity contribution >= 4 is 5.97 Å². The van der Waals surface area contributed by atoms with Gasteiger partial charge in [0.1, 0.15) is 5.82 Å². The molecule has 0 saturated carbocycles. The Morgan fingerprint density at radius 1 is 1.28 bits per heavy atom. The van der Waals surface area contributed by atoms with Crippen LogP contribution in [0.3, 0.4) is 0 Å². The van der Waals surface area contributed by atoms with Crippen molar-refractivity contribution in [2.75, 3.05) is 0 Å². The van der Waals surface area contributed by atoms with Crippen LogP contribution in [0.5, 0.6) is 0 Å². The summed E-state index contributed by atoms with van der Waals surface area (Å²) in [5.74, 6) is -0.208. The fourth-order valence-electron chi connectivity index (χ4n) is 1.77. The van der Waals surface area contributed by atoms with E-state index in [9.17, 15) is 4.79 Å². The van der Waals surface area contributed by atoms with E-state index in [0.29, 0.717) is 5.82 Å². The summed E-state index contributed by atoms with van der Waals surface area (Å²) in [6.07, 6.45) is 2.67. The van der Waals surface area contributed by atoms with Crippen LogP contribution in [-0.4, -0.2) is 21.0 Å². The molecule has 0 fully saturated rings. The Morgan fingerprint density at radius 3 is 2.50 bits per heavy atom. The van der Waals surface area contributed by atoms with Crippen LogP contribution in [0.4, 0.5) is 0 Å². The molecular formula is C14H14N2O2. The van der Waals surface area contributed by atoms with Crippen molar-refractivity contribution in [1.82, 2.24) is 9.97 Å². The Hall–Kier alpha value is -2.23. The van der Waals surface area contributed by atoms with E-state index in [2.05, 4.69) is 9.97 Å². The van der Waals surface area contributed by atoms with Gasteiger partial charge in [-0.3, -0.25) is 0 Å². The lowest BCUT2D eigenvalue weighted by molar-refractivity contribution is 0.0697. The molecule has 0 aliphatic carbocycles. The van der Waals surface area contributed by atoms with Gasteiger partial charge >= 0.3 is 5.97 Å². The summed E-state index contributed by atoms with van der Waals surface area (Å²) in [5.41, 5.74) is 3.13. The largest absolute Gasteiger partial charge is 0.478 e. The van der Waals surface area contributed by atoms with E-state index < -0.39 is 5.97 Å². The predicted molar refractivity (Wildman–Crippen MR) is 68.5 cm³/mol. The maximum absolute atomic E-state index is 10.8. The molecule has 0 atom stereocenters. The number of aryl methyl sites for hydroxylation is 2. The van der Waals surface area contributed by atoms with Crippen molar-refractivity contribution in [3.63, 3.8) is 0 Å². The molecule has 1 aromatic heterocycles. The SMILES string of the molecule is CCc1cnc(C)nc1-c1ccc(C(=O)O)cc1. The zero-order valence-corrected chi connectivity index (χ0v) is 10.3. The van der Waals surface area contributed by atoms with Gasteiger partial charge in [0.2, 0.25) is 0 Å². The zero-order valence-electron chi connectivity index (χ0n) is 10.3. The summed E-state index contributed by atoms with van der Waals surface area (Å²) >= 11 is 0. The molecule has 0 saturated heterocycles. The number of nitrogens with zero attached hydrogens (tertiary/aromatic N) is 2. The lowest BCUT2D eigenvalue weighted by Crippen LogP contribution is -1.99. The number of aromatic carboxylic acids is 1. The molecule has 1 aromatic carbocycles. The zero-order chi connectivity index (χ0) is 13.1. The second-order valence-electron chi connectivity index (χ2n) is 4.03. The average Bonchev–Trinajstić information content (AvgIpc) is 2.39. The third-order valence-electron chi connectivity index (χ3n) is 2.77. The number of carbonyl (C=O) groups is 1. The summed E-state index contributed by atoms with van der Waals surface area (Å²) in [6.45, 7) is 3.89. The van der Waals surface area contributed by atoms with Crippen LogP contribution in [0.2, 0.25) is 0 Å². The molecule has 0 aliphatic heterocycles. The molecule has 18 heavy (non-hydrogen) atoms. The maximum Gasteiger partial charge on any atom is 0.335 e. The van der Waals surface area contributed by atoms with E-state index in [1.807, 2.05) is 20.0 Å². The molecule has 0 radical (unpaired) electrons. The lowest BCUT2D eigenvalue weighted by atomic mass is 10.0. The van der Waals surface area contributed by atoms with Crippen LogP contribution in [0.15, 0.2) is 30.5 Å². The lowest BCUT2D eigenvalue weighted by Gasteiger charge is -2.07. The number of aromatic nitrogens is 2. The first-order valence-electron chi connectivity index (χ1n) is 5.78. The minimum absolute atomic E-state index is 0.280. The Balaban J connectivity index is 2.48. The molecule has 1 heterocycles. The van der Waals surface area contributed by atoms with Crippen molar-refractivity contribution in [2.24, 2.45) is 0 Å². The first-order chi connectivity index (χ1) is 8.61. The second kappa shape index (κ2) is 4.96. The molecule has 92 valence electrons. The van der Waals surface area contributed by atoms with Gasteiger partial charge in [-0.15, -0.1) is 0 Å². The van der Waals surface area contributed by atoms with E-state index in [1.54, 1.807) is 24.3 Å². The Kier molecular flexibility index (Phi) is 3.37. The first kappa shape index (κ1) is 12.2. The van der Waals surface area contributed by atoms with Crippen molar-refractivity contribution in [3.05, 3.63) is 47.4 Å². The van der Waals surface area contributed by atoms with Crippen molar-refractivity contribution in [2.45, 2.75) is 20.3 Å². The van der Waals surface area contributed by atoms with Crippen LogP contribution < -0.4 is 0 Å². The van der Waals surface area contributed by atoms with E-state index in [1.165, 1.54) is 0 Å². The highest BCUT2D eigenvalue weighted by molar-refractivity contribution is 5.88. The fraction of sp³-hybridized carbons (Fsp3) is 0.214. The van der Waals surface area contributed by atoms with Crippen LogP contribution in [0, 0.1) is 6.92 Å². The van der Waals surface area contributed by atoms with Gasteiger partial charge < -0.3 is 5.11 Å². The van der Waals surface area contributed by atoms with Crippen molar-refractivity contribution < 1.29 is 9.90 Å². The normalized spacial score (nSPS) is 10.3. The van der Waals surface area contributed by atoms with Gasteiger partial charge in [-0.1, -0.05) is 19.1 Å². The van der Waals surface area contributed by atoms with Gasteiger partial charge in [-0.05, 0) is 31.0 Å². The van der Waals surface area contributed by atoms with Gasteiger partial charge in [0.25, 0.3) is 0 Å². The number of carboxylic acid groups (broad SMARTS) is 1. The number of carboxylic acids is 1.